The molecular weight excluding hydrogens is 401 g/mol. The molecule has 0 fully saturated rings. The third-order valence-electron chi connectivity index (χ3n) is 1.97. The van der Waals surface area contributed by atoms with Gasteiger partial charge in [0.2, 0.25) is 0 Å². The second-order valence-electron chi connectivity index (χ2n) is 3.45. The molecule has 1 aromatic carbocycles. The Morgan fingerprint density at radius 3 is 2.94 bits per heavy atom. The van der Waals surface area contributed by atoms with Crippen molar-refractivity contribution in [2.24, 2.45) is 0 Å². The maximum atomic E-state index is 11.9. The molecule has 1 unspecified atom stereocenters. The molecule has 0 heterocycles. The Hall–Kier alpha value is 0.250. The van der Waals surface area contributed by atoms with Crippen molar-refractivity contribution in [3.05, 3.63) is 31.8 Å². The molecule has 2 nitrogen and oxygen atoms in total. The van der Waals surface area contributed by atoms with Gasteiger partial charge in [0.15, 0.2) is 0 Å². The van der Waals surface area contributed by atoms with Crippen LogP contribution in [-0.4, -0.2) is 24.0 Å². The van der Waals surface area contributed by atoms with Crippen molar-refractivity contribution in [3.8, 4) is 0 Å². The minimum atomic E-state index is -0.0214. The van der Waals surface area contributed by atoms with Gasteiger partial charge in [-0.05, 0) is 69.9 Å². The summed E-state index contributed by atoms with van der Waals surface area (Å²) in [6.07, 6.45) is 2.03. The van der Waals surface area contributed by atoms with E-state index in [0.717, 1.165) is 13.8 Å². The Kier molecular flexibility index (Phi) is 6.13. The lowest BCUT2D eigenvalue weighted by Crippen LogP contribution is -2.34. The molecule has 1 N–H and O–H groups in total. The van der Waals surface area contributed by atoms with Gasteiger partial charge in [0.1, 0.15) is 0 Å². The highest BCUT2D eigenvalue weighted by molar-refractivity contribution is 14.1. The van der Waals surface area contributed by atoms with Crippen molar-refractivity contribution in [1.29, 1.82) is 0 Å². The molecule has 0 saturated heterocycles. The quantitative estimate of drug-likeness (QED) is 0.765. The maximum Gasteiger partial charge on any atom is 0.252 e. The summed E-state index contributed by atoms with van der Waals surface area (Å²) >= 11 is 7.32. The minimum absolute atomic E-state index is 0.0214. The van der Waals surface area contributed by atoms with E-state index < -0.39 is 0 Å². The standard InChI is InChI=1S/C11H13BrINOS/c1-7(6-16-2)14-11(15)9-5-8(13)3-4-10(9)12/h3-5,7H,6H2,1-2H3,(H,14,15). The zero-order valence-electron chi connectivity index (χ0n) is 9.09. The Bertz CT molecular complexity index is 386. The lowest BCUT2D eigenvalue weighted by Gasteiger charge is -2.13. The number of nitrogens with one attached hydrogen (secondary N) is 1. The number of halogens is 2. The van der Waals surface area contributed by atoms with Crippen LogP contribution in [0.4, 0.5) is 0 Å². The van der Waals surface area contributed by atoms with Gasteiger partial charge < -0.3 is 5.32 Å². The van der Waals surface area contributed by atoms with E-state index in [1.807, 2.05) is 31.4 Å². The van der Waals surface area contributed by atoms with Gasteiger partial charge in [-0.15, -0.1) is 0 Å². The predicted molar refractivity (Wildman–Crippen MR) is 82.2 cm³/mol. The smallest absolute Gasteiger partial charge is 0.252 e. The zero-order valence-corrected chi connectivity index (χ0v) is 13.6. The zero-order chi connectivity index (χ0) is 12.1. The number of rotatable bonds is 4. The number of amides is 1. The molecule has 1 amide bonds. The molecule has 0 aliphatic carbocycles. The van der Waals surface area contributed by atoms with Crippen LogP contribution < -0.4 is 5.32 Å². The van der Waals surface area contributed by atoms with E-state index >= 15 is 0 Å². The number of carbonyl (C=O) groups is 1. The molecule has 1 aromatic rings. The summed E-state index contributed by atoms with van der Waals surface area (Å²) in [5.74, 6) is 0.903. The maximum absolute atomic E-state index is 11.9. The molecule has 0 aromatic heterocycles. The predicted octanol–water partition coefficient (Wildman–Crippen LogP) is 3.54. The SMILES string of the molecule is CSCC(C)NC(=O)c1cc(I)ccc1Br. The first-order valence-corrected chi connectivity index (χ1v) is 8.06. The molecule has 5 heteroatoms. The van der Waals surface area contributed by atoms with Crippen molar-refractivity contribution in [1.82, 2.24) is 5.32 Å². The van der Waals surface area contributed by atoms with Crippen LogP contribution in [0.3, 0.4) is 0 Å². The Labute approximate surface area is 122 Å². The Morgan fingerprint density at radius 2 is 2.31 bits per heavy atom. The molecule has 16 heavy (non-hydrogen) atoms. The van der Waals surface area contributed by atoms with Gasteiger partial charge in [-0.25, -0.2) is 0 Å². The number of benzene rings is 1. The van der Waals surface area contributed by atoms with Crippen LogP contribution >= 0.6 is 50.3 Å². The van der Waals surface area contributed by atoms with E-state index in [4.69, 9.17) is 0 Å². The normalized spacial score (nSPS) is 12.2. The molecule has 88 valence electrons. The van der Waals surface area contributed by atoms with Crippen LogP contribution in [0.5, 0.6) is 0 Å². The summed E-state index contributed by atoms with van der Waals surface area (Å²) < 4.78 is 1.89. The average molecular weight is 414 g/mol. The van der Waals surface area contributed by atoms with Crippen molar-refractivity contribution >= 4 is 56.2 Å². The van der Waals surface area contributed by atoms with Gasteiger partial charge in [-0.3, -0.25) is 4.79 Å². The third kappa shape index (κ3) is 4.25. The first-order chi connectivity index (χ1) is 7.54. The second-order valence-corrected chi connectivity index (χ2v) is 6.46. The number of thioether (sulfide) groups is 1. The van der Waals surface area contributed by atoms with Gasteiger partial charge in [0.05, 0.1) is 5.56 Å². The van der Waals surface area contributed by atoms with Gasteiger partial charge >= 0.3 is 0 Å². The third-order valence-corrected chi connectivity index (χ3v) is 4.16. The van der Waals surface area contributed by atoms with E-state index in [1.54, 1.807) is 11.8 Å². The van der Waals surface area contributed by atoms with E-state index in [0.29, 0.717) is 5.56 Å². The molecule has 0 saturated carbocycles. The summed E-state index contributed by atoms with van der Waals surface area (Å²) in [5, 5.41) is 2.97. The van der Waals surface area contributed by atoms with Crippen LogP contribution in [0.25, 0.3) is 0 Å². The van der Waals surface area contributed by atoms with E-state index in [2.05, 4.69) is 43.8 Å². The minimum Gasteiger partial charge on any atom is -0.349 e. The largest absolute Gasteiger partial charge is 0.349 e. The number of hydrogen-bond acceptors (Lipinski definition) is 2. The average Bonchev–Trinajstić information content (AvgIpc) is 2.21. The highest BCUT2D eigenvalue weighted by Gasteiger charge is 2.12. The van der Waals surface area contributed by atoms with Crippen LogP contribution in [0.2, 0.25) is 0 Å². The first kappa shape index (κ1) is 14.3. The fourth-order valence-electron chi connectivity index (χ4n) is 1.26. The molecule has 1 rings (SSSR count). The monoisotopic (exact) mass is 413 g/mol. The summed E-state index contributed by atoms with van der Waals surface area (Å²) in [4.78, 5) is 11.9. The molecule has 1 atom stereocenters. The van der Waals surface area contributed by atoms with Crippen molar-refractivity contribution < 1.29 is 4.79 Å². The fraction of sp³-hybridized carbons (Fsp3) is 0.364. The van der Waals surface area contributed by atoms with Crippen molar-refractivity contribution in [2.75, 3.05) is 12.0 Å². The van der Waals surface area contributed by atoms with E-state index in [9.17, 15) is 4.79 Å². The second kappa shape index (κ2) is 6.86. The lowest BCUT2D eigenvalue weighted by atomic mass is 10.2. The summed E-state index contributed by atoms with van der Waals surface area (Å²) in [6.45, 7) is 2.01. The van der Waals surface area contributed by atoms with Gasteiger partial charge in [-0.1, -0.05) is 0 Å². The summed E-state index contributed by atoms with van der Waals surface area (Å²) in [7, 11) is 0. The van der Waals surface area contributed by atoms with Crippen LogP contribution in [-0.2, 0) is 0 Å². The highest BCUT2D eigenvalue weighted by Crippen LogP contribution is 2.19. The van der Waals surface area contributed by atoms with Gasteiger partial charge in [0.25, 0.3) is 5.91 Å². The first-order valence-electron chi connectivity index (χ1n) is 4.79. The van der Waals surface area contributed by atoms with Crippen LogP contribution in [0, 0.1) is 3.57 Å². The van der Waals surface area contributed by atoms with Crippen molar-refractivity contribution in [2.45, 2.75) is 13.0 Å². The molecular formula is C11H13BrINOS. The molecule has 0 aliphatic rings. The topological polar surface area (TPSA) is 29.1 Å². The molecule has 0 aliphatic heterocycles. The molecule has 0 spiro atoms. The van der Waals surface area contributed by atoms with Crippen LogP contribution in [0.15, 0.2) is 22.7 Å². The molecule has 0 radical (unpaired) electrons. The highest BCUT2D eigenvalue weighted by atomic mass is 127. The van der Waals surface area contributed by atoms with E-state index in [1.165, 1.54) is 0 Å². The number of hydrogen-bond donors (Lipinski definition) is 1. The fourth-order valence-corrected chi connectivity index (χ4v) is 2.77. The van der Waals surface area contributed by atoms with Gasteiger partial charge in [-0.2, -0.15) is 11.8 Å². The van der Waals surface area contributed by atoms with Crippen LogP contribution in [0.1, 0.15) is 17.3 Å². The molecule has 0 bridgehead atoms. The number of carbonyl (C=O) groups excluding carboxylic acids is 1. The Morgan fingerprint density at radius 1 is 1.62 bits per heavy atom. The van der Waals surface area contributed by atoms with Gasteiger partial charge in [0, 0.05) is 19.8 Å². The summed E-state index contributed by atoms with van der Waals surface area (Å²) in [6, 6.07) is 5.93. The lowest BCUT2D eigenvalue weighted by molar-refractivity contribution is 0.0943. The Balaban J connectivity index is 2.76. The summed E-state index contributed by atoms with van der Waals surface area (Å²) in [5.41, 5.74) is 0.694. The van der Waals surface area contributed by atoms with E-state index in [-0.39, 0.29) is 11.9 Å². The van der Waals surface area contributed by atoms with Crippen molar-refractivity contribution in [3.63, 3.8) is 0 Å².